The molecule has 3 rings (SSSR count). The van der Waals surface area contributed by atoms with E-state index in [1.54, 1.807) is 36.0 Å². The van der Waals surface area contributed by atoms with Gasteiger partial charge in [0.15, 0.2) is 11.0 Å². The van der Waals surface area contributed by atoms with Gasteiger partial charge in [-0.2, -0.15) is 0 Å². The Balaban J connectivity index is 1.63. The van der Waals surface area contributed by atoms with E-state index in [9.17, 15) is 9.18 Å². The Hall–Kier alpha value is -3.13. The van der Waals surface area contributed by atoms with E-state index in [2.05, 4.69) is 22.1 Å². The molecule has 1 N–H and O–H groups in total. The normalized spacial score (nSPS) is 10.6. The zero-order valence-electron chi connectivity index (χ0n) is 16.0. The molecular formula is C21H21FN4O2S. The summed E-state index contributed by atoms with van der Waals surface area (Å²) in [6.45, 7) is 4.57. The summed E-state index contributed by atoms with van der Waals surface area (Å²) in [5, 5.41) is 11.6. The lowest BCUT2D eigenvalue weighted by Crippen LogP contribution is -2.24. The number of amides is 1. The van der Waals surface area contributed by atoms with Crippen LogP contribution in [0.15, 0.2) is 66.3 Å². The molecular weight excluding hydrogens is 391 g/mol. The second-order valence-corrected chi connectivity index (χ2v) is 7.04. The van der Waals surface area contributed by atoms with Crippen LogP contribution in [0.2, 0.25) is 0 Å². The average molecular weight is 412 g/mol. The van der Waals surface area contributed by atoms with Crippen LogP contribution in [-0.4, -0.2) is 33.5 Å². The summed E-state index contributed by atoms with van der Waals surface area (Å²) in [4.78, 5) is 12.2. The van der Waals surface area contributed by atoms with Crippen LogP contribution in [0.5, 0.6) is 5.75 Å². The maximum Gasteiger partial charge on any atom is 0.230 e. The molecule has 3 aromatic rings. The third kappa shape index (κ3) is 5.23. The van der Waals surface area contributed by atoms with Crippen molar-refractivity contribution < 1.29 is 13.9 Å². The van der Waals surface area contributed by atoms with Gasteiger partial charge in [0, 0.05) is 13.1 Å². The van der Waals surface area contributed by atoms with Crippen LogP contribution in [0.25, 0.3) is 11.4 Å². The molecule has 6 nitrogen and oxygen atoms in total. The zero-order chi connectivity index (χ0) is 20.6. The van der Waals surface area contributed by atoms with Crippen molar-refractivity contribution in [2.75, 3.05) is 12.9 Å². The molecule has 0 radical (unpaired) electrons. The first-order valence-electron chi connectivity index (χ1n) is 8.93. The summed E-state index contributed by atoms with van der Waals surface area (Å²) in [5.74, 6) is 0.834. The van der Waals surface area contributed by atoms with E-state index in [0.717, 1.165) is 11.3 Å². The fourth-order valence-corrected chi connectivity index (χ4v) is 3.43. The molecule has 1 heterocycles. The van der Waals surface area contributed by atoms with Crippen LogP contribution >= 0.6 is 11.8 Å². The minimum absolute atomic E-state index is 0.133. The molecule has 0 saturated carbocycles. The molecule has 0 atom stereocenters. The summed E-state index contributed by atoms with van der Waals surface area (Å²) in [7, 11) is 1.61. The van der Waals surface area contributed by atoms with Gasteiger partial charge in [-0.1, -0.05) is 42.1 Å². The summed E-state index contributed by atoms with van der Waals surface area (Å²) in [6, 6.07) is 13.9. The van der Waals surface area contributed by atoms with Gasteiger partial charge in [-0.3, -0.25) is 9.36 Å². The molecule has 0 bridgehead atoms. The van der Waals surface area contributed by atoms with Gasteiger partial charge in [0.05, 0.1) is 18.4 Å². The molecule has 0 aliphatic heterocycles. The molecule has 0 unspecified atom stereocenters. The van der Waals surface area contributed by atoms with Crippen LogP contribution in [0.1, 0.15) is 5.56 Å². The first kappa shape index (κ1) is 20.6. The maximum atomic E-state index is 14.1. The van der Waals surface area contributed by atoms with Crippen LogP contribution < -0.4 is 10.1 Å². The monoisotopic (exact) mass is 412 g/mol. The number of hydrogen-bond acceptors (Lipinski definition) is 5. The van der Waals surface area contributed by atoms with Crippen molar-refractivity contribution in [1.82, 2.24) is 20.1 Å². The Morgan fingerprint density at radius 2 is 2.00 bits per heavy atom. The van der Waals surface area contributed by atoms with E-state index < -0.39 is 0 Å². The summed E-state index contributed by atoms with van der Waals surface area (Å²) in [5.41, 5.74) is 1.33. The van der Waals surface area contributed by atoms with E-state index in [1.165, 1.54) is 17.8 Å². The third-order valence-electron chi connectivity index (χ3n) is 4.12. The average Bonchev–Trinajstić information content (AvgIpc) is 3.14. The molecule has 0 fully saturated rings. The van der Waals surface area contributed by atoms with Crippen molar-refractivity contribution in [2.45, 2.75) is 18.2 Å². The van der Waals surface area contributed by atoms with Crippen LogP contribution in [0, 0.1) is 5.82 Å². The van der Waals surface area contributed by atoms with Gasteiger partial charge >= 0.3 is 0 Å². The van der Waals surface area contributed by atoms with E-state index >= 15 is 0 Å². The molecule has 0 spiro atoms. The lowest BCUT2D eigenvalue weighted by Gasteiger charge is -2.09. The number of benzene rings is 2. The number of halogens is 1. The number of carbonyl (C=O) groups excluding carboxylic acids is 1. The Labute approximate surface area is 172 Å². The number of ether oxygens (including phenoxy) is 1. The van der Waals surface area contributed by atoms with Gasteiger partial charge < -0.3 is 10.1 Å². The quantitative estimate of drug-likeness (QED) is 0.429. The smallest absolute Gasteiger partial charge is 0.230 e. The highest BCUT2D eigenvalue weighted by atomic mass is 32.2. The summed E-state index contributed by atoms with van der Waals surface area (Å²) >= 11 is 1.24. The number of hydrogen-bond donors (Lipinski definition) is 1. The van der Waals surface area contributed by atoms with Crippen LogP contribution in [0.4, 0.5) is 4.39 Å². The van der Waals surface area contributed by atoms with E-state index in [4.69, 9.17) is 4.74 Å². The molecule has 8 heteroatoms. The minimum atomic E-state index is -0.376. The molecule has 0 aliphatic carbocycles. The number of aromatic nitrogens is 3. The highest BCUT2D eigenvalue weighted by molar-refractivity contribution is 7.99. The second kappa shape index (κ2) is 9.88. The molecule has 150 valence electrons. The van der Waals surface area contributed by atoms with Crippen LogP contribution in [0.3, 0.4) is 0 Å². The number of nitrogens with zero attached hydrogens (tertiary/aromatic N) is 3. The van der Waals surface area contributed by atoms with Gasteiger partial charge in [-0.25, -0.2) is 4.39 Å². The number of thioether (sulfide) groups is 1. The predicted molar refractivity (Wildman–Crippen MR) is 111 cm³/mol. The van der Waals surface area contributed by atoms with E-state index in [1.807, 2.05) is 24.3 Å². The lowest BCUT2D eigenvalue weighted by atomic mass is 10.2. The molecule has 1 amide bonds. The SMILES string of the molecule is C=CCn1c(SCC(=O)NCc2ccc(OC)cc2)nnc1-c1ccccc1F. The number of allylic oxidation sites excluding steroid dienone is 1. The lowest BCUT2D eigenvalue weighted by molar-refractivity contribution is -0.118. The van der Waals surface area contributed by atoms with Gasteiger partial charge in [0.1, 0.15) is 11.6 Å². The molecule has 2 aromatic carbocycles. The fraction of sp³-hybridized carbons (Fsp3) is 0.190. The Morgan fingerprint density at radius 3 is 2.69 bits per heavy atom. The third-order valence-corrected chi connectivity index (χ3v) is 5.09. The molecule has 1 aromatic heterocycles. The number of nitrogens with one attached hydrogen (secondary N) is 1. The van der Waals surface area contributed by atoms with Crippen molar-refractivity contribution >= 4 is 17.7 Å². The second-order valence-electron chi connectivity index (χ2n) is 6.10. The summed E-state index contributed by atoms with van der Waals surface area (Å²) in [6.07, 6.45) is 1.68. The van der Waals surface area contributed by atoms with Crippen molar-refractivity contribution in [3.05, 3.63) is 72.6 Å². The van der Waals surface area contributed by atoms with E-state index in [0.29, 0.717) is 29.6 Å². The predicted octanol–water partition coefficient (Wildman–Crippen LogP) is 3.69. The first-order valence-corrected chi connectivity index (χ1v) is 9.92. The number of methoxy groups -OCH3 is 1. The first-order chi connectivity index (χ1) is 14.1. The Morgan fingerprint density at radius 1 is 1.24 bits per heavy atom. The van der Waals surface area contributed by atoms with Gasteiger partial charge in [-0.15, -0.1) is 16.8 Å². The van der Waals surface area contributed by atoms with Gasteiger partial charge in [0.25, 0.3) is 0 Å². The largest absolute Gasteiger partial charge is 0.497 e. The highest BCUT2D eigenvalue weighted by Crippen LogP contribution is 2.25. The number of carbonyl (C=O) groups is 1. The van der Waals surface area contributed by atoms with E-state index in [-0.39, 0.29) is 17.5 Å². The number of rotatable bonds is 9. The Bertz CT molecular complexity index is 989. The van der Waals surface area contributed by atoms with Crippen molar-refractivity contribution in [2.24, 2.45) is 0 Å². The molecule has 29 heavy (non-hydrogen) atoms. The Kier molecular flexibility index (Phi) is 7.02. The standard InChI is InChI=1S/C21H21FN4O2S/c1-3-12-26-20(17-6-4-5-7-18(17)22)24-25-21(26)29-14-19(27)23-13-15-8-10-16(28-2)11-9-15/h3-11H,1,12-14H2,2H3,(H,23,27). The topological polar surface area (TPSA) is 69.0 Å². The van der Waals surface area contributed by atoms with Crippen molar-refractivity contribution in [3.63, 3.8) is 0 Å². The van der Waals surface area contributed by atoms with Crippen molar-refractivity contribution in [1.29, 1.82) is 0 Å². The zero-order valence-corrected chi connectivity index (χ0v) is 16.8. The summed E-state index contributed by atoms with van der Waals surface area (Å²) < 4.78 is 21.0. The fourth-order valence-electron chi connectivity index (χ4n) is 2.66. The highest BCUT2D eigenvalue weighted by Gasteiger charge is 2.17. The van der Waals surface area contributed by atoms with Crippen molar-refractivity contribution in [3.8, 4) is 17.1 Å². The van der Waals surface area contributed by atoms with Gasteiger partial charge in [-0.05, 0) is 29.8 Å². The van der Waals surface area contributed by atoms with Gasteiger partial charge in [0.2, 0.25) is 5.91 Å². The van der Waals surface area contributed by atoms with Crippen LogP contribution in [-0.2, 0) is 17.9 Å². The minimum Gasteiger partial charge on any atom is -0.497 e. The maximum absolute atomic E-state index is 14.1. The molecule has 0 saturated heterocycles. The molecule has 0 aliphatic rings.